The molecule has 45 heavy (non-hydrogen) atoms. The lowest BCUT2D eigenvalue weighted by molar-refractivity contribution is 0.0221. The van der Waals surface area contributed by atoms with Crippen LogP contribution in [-0.4, -0.2) is 48.9 Å². The van der Waals surface area contributed by atoms with Gasteiger partial charge >= 0.3 is 5.76 Å². The Hall–Kier alpha value is -4.02. The molecule has 1 aliphatic heterocycles. The molecular formula is C34H38ClN7O3. The van der Waals surface area contributed by atoms with Gasteiger partial charge < -0.3 is 14.2 Å². The van der Waals surface area contributed by atoms with Crippen LogP contribution in [0.25, 0.3) is 34.1 Å². The van der Waals surface area contributed by atoms with Gasteiger partial charge in [-0.1, -0.05) is 91.8 Å². The van der Waals surface area contributed by atoms with E-state index in [-0.39, 0.29) is 23.8 Å². The van der Waals surface area contributed by atoms with Crippen molar-refractivity contribution in [3.63, 3.8) is 0 Å². The van der Waals surface area contributed by atoms with Crippen LogP contribution >= 0.6 is 11.6 Å². The van der Waals surface area contributed by atoms with E-state index in [4.69, 9.17) is 35.8 Å². The molecule has 3 aromatic heterocycles. The summed E-state index contributed by atoms with van der Waals surface area (Å²) in [5.41, 5.74) is 4.04. The second kappa shape index (κ2) is 12.8. The Balaban J connectivity index is 1.43. The fraction of sp³-hybridized carbons (Fsp3) is 0.441. The van der Waals surface area contributed by atoms with Crippen molar-refractivity contribution in [1.29, 1.82) is 0 Å². The number of aromatic nitrogens is 6. The summed E-state index contributed by atoms with van der Waals surface area (Å²) in [4.78, 5) is 31.9. The molecule has 2 aliphatic rings. The molecule has 2 fully saturated rings. The number of morpholine rings is 1. The molecule has 0 amide bonds. The normalized spacial score (nSPS) is 22.2. The number of nitrogens with one attached hydrogen (secondary N) is 1. The van der Waals surface area contributed by atoms with Crippen LogP contribution in [0.3, 0.4) is 0 Å². The van der Waals surface area contributed by atoms with Crippen molar-refractivity contribution in [3.05, 3.63) is 75.7 Å². The molecule has 4 heterocycles. The van der Waals surface area contributed by atoms with Gasteiger partial charge in [0.1, 0.15) is 11.2 Å². The van der Waals surface area contributed by atoms with Gasteiger partial charge in [-0.3, -0.25) is 9.51 Å². The third-order valence-electron chi connectivity index (χ3n) is 9.33. The highest BCUT2D eigenvalue weighted by Gasteiger charge is 2.36. The van der Waals surface area contributed by atoms with Crippen molar-refractivity contribution >= 4 is 28.7 Å². The Bertz CT molecular complexity index is 1830. The fourth-order valence-electron chi connectivity index (χ4n) is 7.20. The Morgan fingerprint density at radius 3 is 2.53 bits per heavy atom. The highest BCUT2D eigenvalue weighted by Crippen LogP contribution is 2.40. The topological polar surface area (TPSA) is 115 Å². The van der Waals surface area contributed by atoms with Crippen LogP contribution in [0.1, 0.15) is 64.0 Å². The van der Waals surface area contributed by atoms with E-state index in [2.05, 4.69) is 57.7 Å². The summed E-state index contributed by atoms with van der Waals surface area (Å²) in [5, 5.41) is 4.49. The maximum absolute atomic E-state index is 11.9. The lowest BCUT2D eigenvalue weighted by Gasteiger charge is -2.41. The van der Waals surface area contributed by atoms with Gasteiger partial charge in [0.15, 0.2) is 5.65 Å². The number of hydrogen-bond acceptors (Lipinski definition) is 8. The van der Waals surface area contributed by atoms with Gasteiger partial charge in [-0.05, 0) is 49.3 Å². The van der Waals surface area contributed by atoms with E-state index < -0.39 is 5.76 Å². The first-order chi connectivity index (χ1) is 22.0. The van der Waals surface area contributed by atoms with Crippen molar-refractivity contribution in [2.45, 2.75) is 71.1 Å². The Morgan fingerprint density at radius 2 is 1.80 bits per heavy atom. The van der Waals surface area contributed by atoms with Crippen LogP contribution in [0.15, 0.2) is 63.9 Å². The summed E-state index contributed by atoms with van der Waals surface area (Å²) in [6.45, 7) is 6.48. The number of hydrogen-bond donors (Lipinski definition) is 1. The van der Waals surface area contributed by atoms with Crippen molar-refractivity contribution in [3.8, 4) is 22.9 Å². The zero-order chi connectivity index (χ0) is 30.9. The quantitative estimate of drug-likeness (QED) is 0.194. The zero-order valence-corrected chi connectivity index (χ0v) is 26.4. The molecule has 10 nitrogen and oxygen atoms in total. The SMILES string of the molecule is CCCC1CCC(Cn2c(N3CCOC(C)C3c3ccccc3)nc3nc(-c4noc(=O)[nH]4)nc(-c4cccc(Cl)c4)c32)CC1. The number of benzene rings is 2. The van der Waals surface area contributed by atoms with Gasteiger partial charge in [0.2, 0.25) is 17.6 Å². The summed E-state index contributed by atoms with van der Waals surface area (Å²) in [6, 6.07) is 18.1. The zero-order valence-electron chi connectivity index (χ0n) is 25.7. The van der Waals surface area contributed by atoms with E-state index in [0.29, 0.717) is 35.4 Å². The van der Waals surface area contributed by atoms with Crippen LogP contribution in [0.2, 0.25) is 5.02 Å². The summed E-state index contributed by atoms with van der Waals surface area (Å²) in [5.74, 6) is 1.86. The van der Waals surface area contributed by atoms with Gasteiger partial charge in [0.05, 0.1) is 18.8 Å². The minimum Gasteiger partial charge on any atom is -0.374 e. The Morgan fingerprint density at radius 1 is 1.00 bits per heavy atom. The van der Waals surface area contributed by atoms with E-state index in [9.17, 15) is 4.79 Å². The fourth-order valence-corrected chi connectivity index (χ4v) is 7.39. The predicted molar refractivity (Wildman–Crippen MR) is 174 cm³/mol. The van der Waals surface area contributed by atoms with E-state index in [0.717, 1.165) is 29.5 Å². The molecule has 0 bridgehead atoms. The van der Waals surface area contributed by atoms with E-state index in [1.165, 1.54) is 44.1 Å². The molecule has 1 N–H and O–H groups in total. The van der Waals surface area contributed by atoms with E-state index >= 15 is 0 Å². The van der Waals surface area contributed by atoms with Gasteiger partial charge in [0.25, 0.3) is 0 Å². The summed E-state index contributed by atoms with van der Waals surface area (Å²) in [6.07, 6.45) is 7.35. The van der Waals surface area contributed by atoms with E-state index in [1.807, 2.05) is 30.3 Å². The van der Waals surface area contributed by atoms with Crippen LogP contribution < -0.4 is 10.7 Å². The first-order valence-corrected chi connectivity index (χ1v) is 16.4. The molecule has 5 aromatic rings. The van der Waals surface area contributed by atoms with Crippen molar-refractivity contribution < 1.29 is 9.26 Å². The van der Waals surface area contributed by atoms with Crippen LogP contribution in [0.4, 0.5) is 5.95 Å². The van der Waals surface area contributed by atoms with Crippen LogP contribution in [0, 0.1) is 11.8 Å². The van der Waals surface area contributed by atoms with Gasteiger partial charge in [-0.25, -0.2) is 14.8 Å². The number of rotatable bonds is 8. The molecule has 1 aliphatic carbocycles. The molecular weight excluding hydrogens is 590 g/mol. The third-order valence-corrected chi connectivity index (χ3v) is 9.56. The molecule has 2 aromatic carbocycles. The molecule has 0 radical (unpaired) electrons. The van der Waals surface area contributed by atoms with Gasteiger partial charge in [-0.15, -0.1) is 0 Å². The molecule has 1 saturated carbocycles. The molecule has 2 unspecified atom stereocenters. The number of ether oxygens (including phenoxy) is 1. The Kier molecular flexibility index (Phi) is 8.42. The number of H-pyrrole nitrogens is 1. The minimum absolute atomic E-state index is 0.0373. The molecule has 1 saturated heterocycles. The number of imidazole rings is 1. The van der Waals surface area contributed by atoms with Gasteiger partial charge in [-0.2, -0.15) is 4.98 Å². The summed E-state index contributed by atoms with van der Waals surface area (Å²) < 4.78 is 13.4. The van der Waals surface area contributed by atoms with Crippen molar-refractivity contribution in [2.75, 3.05) is 18.1 Å². The minimum atomic E-state index is -0.670. The smallest absolute Gasteiger partial charge is 0.374 e. The Labute approximate surface area is 266 Å². The maximum atomic E-state index is 11.9. The van der Waals surface area contributed by atoms with E-state index in [1.54, 1.807) is 0 Å². The number of halogens is 1. The number of aromatic amines is 1. The second-order valence-electron chi connectivity index (χ2n) is 12.3. The van der Waals surface area contributed by atoms with Crippen molar-refractivity contribution in [2.24, 2.45) is 11.8 Å². The molecule has 0 spiro atoms. The predicted octanol–water partition coefficient (Wildman–Crippen LogP) is 7.06. The highest BCUT2D eigenvalue weighted by molar-refractivity contribution is 6.30. The average Bonchev–Trinajstić information content (AvgIpc) is 3.65. The van der Waals surface area contributed by atoms with Crippen LogP contribution in [-0.2, 0) is 11.3 Å². The lowest BCUT2D eigenvalue weighted by atomic mass is 9.80. The second-order valence-corrected chi connectivity index (χ2v) is 12.8. The molecule has 234 valence electrons. The number of nitrogens with zero attached hydrogens (tertiary/aromatic N) is 6. The third kappa shape index (κ3) is 6.01. The van der Waals surface area contributed by atoms with Crippen LogP contribution in [0.5, 0.6) is 0 Å². The largest absolute Gasteiger partial charge is 0.439 e. The number of anilines is 1. The molecule has 7 rings (SSSR count). The average molecular weight is 628 g/mol. The summed E-state index contributed by atoms with van der Waals surface area (Å²) in [7, 11) is 0. The van der Waals surface area contributed by atoms with Gasteiger partial charge in [0, 0.05) is 23.7 Å². The first kappa shape index (κ1) is 29.7. The monoisotopic (exact) mass is 627 g/mol. The highest BCUT2D eigenvalue weighted by atomic mass is 35.5. The lowest BCUT2D eigenvalue weighted by Crippen LogP contribution is -2.45. The molecule has 2 atom stereocenters. The van der Waals surface area contributed by atoms with Crippen molar-refractivity contribution in [1.82, 2.24) is 29.7 Å². The molecule has 11 heteroatoms. The standard InChI is InChI=1S/C34H38ClN7O3/c1-3-8-22-13-15-23(16-14-22)20-42-29-27(25-11-7-12-26(35)19-25)36-31(32-39-34(43)45-40-32)37-30(29)38-33(42)41-17-18-44-21(2)28(41)24-9-5-4-6-10-24/h4-7,9-12,19,21-23,28H,3,8,13-18,20H2,1-2H3,(H,39,40,43). The summed E-state index contributed by atoms with van der Waals surface area (Å²) >= 11 is 6.51. The maximum Gasteiger partial charge on any atom is 0.439 e. The number of fused-ring (bicyclic) bond motifs is 1. The first-order valence-electron chi connectivity index (χ1n) is 16.0.